The first-order chi connectivity index (χ1) is 10.0. The Kier molecular flexibility index (Phi) is 3.80. The first kappa shape index (κ1) is 14.6. The van der Waals surface area contributed by atoms with Crippen molar-refractivity contribution in [1.82, 2.24) is 5.32 Å². The molecule has 110 valence electrons. The highest BCUT2D eigenvalue weighted by Gasteiger charge is 2.32. The van der Waals surface area contributed by atoms with Gasteiger partial charge in [0.15, 0.2) is 0 Å². The Labute approximate surface area is 134 Å². The summed E-state index contributed by atoms with van der Waals surface area (Å²) in [5.41, 5.74) is 3.89. The molecule has 1 atom stereocenters. The van der Waals surface area contributed by atoms with Crippen LogP contribution < -0.4 is 10.1 Å². The van der Waals surface area contributed by atoms with Crippen LogP contribution in [-0.4, -0.2) is 13.7 Å². The molecule has 1 heterocycles. The van der Waals surface area contributed by atoms with Crippen LogP contribution in [0.25, 0.3) is 0 Å². The van der Waals surface area contributed by atoms with Crippen LogP contribution in [0.1, 0.15) is 36.6 Å². The zero-order valence-corrected chi connectivity index (χ0v) is 14.2. The van der Waals surface area contributed by atoms with Gasteiger partial charge in [0.25, 0.3) is 0 Å². The maximum Gasteiger partial charge on any atom is 0.123 e. The third-order valence-electron chi connectivity index (χ3n) is 4.16. The fraction of sp³-hybridized carbons (Fsp3) is 0.333. The molecule has 2 aromatic carbocycles. The van der Waals surface area contributed by atoms with Crippen molar-refractivity contribution in [3.63, 3.8) is 0 Å². The maximum atomic E-state index is 5.78. The lowest BCUT2D eigenvalue weighted by Crippen LogP contribution is -2.20. The lowest BCUT2D eigenvalue weighted by molar-refractivity contribution is 0.291. The van der Waals surface area contributed by atoms with Gasteiger partial charge in [-0.3, -0.25) is 0 Å². The first-order valence-electron chi connectivity index (χ1n) is 7.22. The lowest BCUT2D eigenvalue weighted by Gasteiger charge is -2.21. The maximum absolute atomic E-state index is 5.78. The summed E-state index contributed by atoms with van der Waals surface area (Å²) in [5.74, 6) is 1.02. The molecule has 1 aliphatic rings. The normalized spacial score (nSPS) is 17.1. The number of benzene rings is 2. The molecule has 21 heavy (non-hydrogen) atoms. The zero-order chi connectivity index (χ0) is 15.0. The molecule has 0 amide bonds. The van der Waals surface area contributed by atoms with Crippen molar-refractivity contribution in [3.05, 3.63) is 63.6 Å². The van der Waals surface area contributed by atoms with Crippen LogP contribution in [0.3, 0.4) is 0 Å². The third kappa shape index (κ3) is 2.60. The van der Waals surface area contributed by atoms with Gasteiger partial charge in [-0.05, 0) is 36.4 Å². The summed E-state index contributed by atoms with van der Waals surface area (Å²) in [7, 11) is 2.00. The van der Waals surface area contributed by atoms with E-state index in [0.717, 1.165) is 16.8 Å². The third-order valence-corrected chi connectivity index (χ3v) is 4.88. The minimum atomic E-state index is 0.0809. The second kappa shape index (κ2) is 5.47. The fourth-order valence-electron chi connectivity index (χ4n) is 2.93. The molecule has 2 aromatic rings. The predicted molar refractivity (Wildman–Crippen MR) is 90.0 cm³/mol. The van der Waals surface area contributed by atoms with Gasteiger partial charge in [0.05, 0.1) is 12.6 Å². The van der Waals surface area contributed by atoms with E-state index in [4.69, 9.17) is 4.74 Å². The monoisotopic (exact) mass is 345 g/mol. The largest absolute Gasteiger partial charge is 0.492 e. The lowest BCUT2D eigenvalue weighted by atomic mass is 9.85. The second-order valence-corrected chi connectivity index (χ2v) is 7.03. The summed E-state index contributed by atoms with van der Waals surface area (Å²) in [6.07, 6.45) is 0. The van der Waals surface area contributed by atoms with Crippen LogP contribution in [0.15, 0.2) is 46.9 Å². The van der Waals surface area contributed by atoms with Gasteiger partial charge in [-0.25, -0.2) is 0 Å². The number of hydrogen-bond acceptors (Lipinski definition) is 2. The zero-order valence-electron chi connectivity index (χ0n) is 12.6. The van der Waals surface area contributed by atoms with Gasteiger partial charge in [-0.2, -0.15) is 0 Å². The highest BCUT2D eigenvalue weighted by molar-refractivity contribution is 9.10. The predicted octanol–water partition coefficient (Wildman–Crippen LogP) is 4.43. The van der Waals surface area contributed by atoms with Gasteiger partial charge in [0, 0.05) is 15.5 Å². The molecule has 0 fully saturated rings. The van der Waals surface area contributed by atoms with Crippen LogP contribution in [0.5, 0.6) is 5.75 Å². The van der Waals surface area contributed by atoms with Crippen molar-refractivity contribution < 1.29 is 4.74 Å². The number of nitrogens with one attached hydrogen (secondary N) is 1. The molecule has 0 bridgehead atoms. The van der Waals surface area contributed by atoms with Crippen LogP contribution >= 0.6 is 15.9 Å². The second-order valence-electron chi connectivity index (χ2n) is 6.17. The number of ether oxygens (including phenoxy) is 1. The summed E-state index contributed by atoms with van der Waals surface area (Å²) in [6, 6.07) is 15.1. The van der Waals surface area contributed by atoms with Crippen molar-refractivity contribution >= 4 is 15.9 Å². The molecule has 2 nitrogen and oxygen atoms in total. The molecule has 1 aliphatic heterocycles. The molecule has 1 unspecified atom stereocenters. The Hall–Kier alpha value is -1.32. The van der Waals surface area contributed by atoms with Gasteiger partial charge in [0.2, 0.25) is 0 Å². The average Bonchev–Trinajstić information content (AvgIpc) is 2.77. The molecule has 0 spiro atoms. The molecule has 3 rings (SSSR count). The van der Waals surface area contributed by atoms with Crippen LogP contribution in [-0.2, 0) is 5.41 Å². The first-order valence-corrected chi connectivity index (χ1v) is 8.01. The highest BCUT2D eigenvalue weighted by Crippen LogP contribution is 2.40. The van der Waals surface area contributed by atoms with E-state index < -0.39 is 0 Å². The van der Waals surface area contributed by atoms with Crippen molar-refractivity contribution in [2.45, 2.75) is 25.3 Å². The standard InChI is InChI=1S/C18H20BrNO/c1-18(2)11-21-16-9-8-12(10-14(16)18)17(20-3)13-6-4-5-7-15(13)19/h4-10,17,20H,11H2,1-3H3. The summed E-state index contributed by atoms with van der Waals surface area (Å²) < 4.78 is 6.91. The van der Waals surface area contributed by atoms with E-state index in [1.807, 2.05) is 13.1 Å². The van der Waals surface area contributed by atoms with Gasteiger partial charge in [0.1, 0.15) is 5.75 Å². The Bertz CT molecular complexity index is 666. The van der Waals surface area contributed by atoms with Crippen molar-refractivity contribution in [3.8, 4) is 5.75 Å². The van der Waals surface area contributed by atoms with Gasteiger partial charge in [-0.15, -0.1) is 0 Å². The number of halogens is 1. The van der Waals surface area contributed by atoms with Crippen molar-refractivity contribution in [2.24, 2.45) is 0 Å². The number of fused-ring (bicyclic) bond motifs is 1. The van der Waals surface area contributed by atoms with Crippen LogP contribution in [0.4, 0.5) is 0 Å². The molecular formula is C18H20BrNO. The molecule has 0 saturated heterocycles. The van der Waals surface area contributed by atoms with E-state index in [9.17, 15) is 0 Å². The van der Waals surface area contributed by atoms with E-state index in [0.29, 0.717) is 0 Å². The minimum absolute atomic E-state index is 0.0809. The van der Waals surface area contributed by atoms with E-state index in [1.54, 1.807) is 0 Å². The van der Waals surface area contributed by atoms with Crippen molar-refractivity contribution in [2.75, 3.05) is 13.7 Å². The SMILES string of the molecule is CNC(c1ccc2c(c1)C(C)(C)CO2)c1ccccc1Br. The number of rotatable bonds is 3. The Balaban J connectivity index is 2.06. The van der Waals surface area contributed by atoms with E-state index in [1.165, 1.54) is 16.7 Å². The van der Waals surface area contributed by atoms with Crippen LogP contribution in [0, 0.1) is 0 Å². The molecule has 1 N–H and O–H groups in total. The summed E-state index contributed by atoms with van der Waals surface area (Å²) in [5, 5.41) is 3.42. The highest BCUT2D eigenvalue weighted by atomic mass is 79.9. The number of hydrogen-bond donors (Lipinski definition) is 1. The van der Waals surface area contributed by atoms with E-state index in [-0.39, 0.29) is 11.5 Å². The molecule has 0 aromatic heterocycles. The van der Waals surface area contributed by atoms with Gasteiger partial charge in [-0.1, -0.05) is 54.0 Å². The molecule has 0 radical (unpaired) electrons. The van der Waals surface area contributed by atoms with Gasteiger partial charge >= 0.3 is 0 Å². The topological polar surface area (TPSA) is 21.3 Å². The smallest absolute Gasteiger partial charge is 0.123 e. The molecule has 0 aliphatic carbocycles. The fourth-order valence-corrected chi connectivity index (χ4v) is 3.44. The average molecular weight is 346 g/mol. The van der Waals surface area contributed by atoms with Crippen LogP contribution in [0.2, 0.25) is 0 Å². The van der Waals surface area contributed by atoms with E-state index in [2.05, 4.69) is 71.5 Å². The van der Waals surface area contributed by atoms with Gasteiger partial charge < -0.3 is 10.1 Å². The Morgan fingerprint density at radius 3 is 2.67 bits per heavy atom. The summed E-state index contributed by atoms with van der Waals surface area (Å²) >= 11 is 3.66. The van der Waals surface area contributed by atoms with E-state index >= 15 is 0 Å². The van der Waals surface area contributed by atoms with Crippen molar-refractivity contribution in [1.29, 1.82) is 0 Å². The Morgan fingerprint density at radius 2 is 1.95 bits per heavy atom. The Morgan fingerprint density at radius 1 is 1.19 bits per heavy atom. The summed E-state index contributed by atoms with van der Waals surface area (Å²) in [6.45, 7) is 5.22. The molecule has 3 heteroatoms. The summed E-state index contributed by atoms with van der Waals surface area (Å²) in [4.78, 5) is 0. The molecular weight excluding hydrogens is 326 g/mol. The molecule has 0 saturated carbocycles. The minimum Gasteiger partial charge on any atom is -0.492 e. The quantitative estimate of drug-likeness (QED) is 0.888.